The monoisotopic (exact) mass is 253 g/mol. The zero-order valence-electron chi connectivity index (χ0n) is 10.2. The van der Waals surface area contributed by atoms with Gasteiger partial charge in [-0.3, -0.25) is 14.9 Å². The number of nitrogens with zero attached hydrogens (tertiary/aromatic N) is 1. The first-order chi connectivity index (χ1) is 8.58. The molecule has 0 atom stereocenters. The van der Waals surface area contributed by atoms with Gasteiger partial charge in [-0.2, -0.15) is 0 Å². The van der Waals surface area contributed by atoms with Crippen LogP contribution in [0, 0.1) is 10.1 Å². The summed E-state index contributed by atoms with van der Waals surface area (Å²) < 4.78 is 5.01. The Morgan fingerprint density at radius 2 is 2.22 bits per heavy atom. The first kappa shape index (κ1) is 13.9. The van der Waals surface area contributed by atoms with Crippen LogP contribution in [0.1, 0.15) is 6.42 Å². The van der Waals surface area contributed by atoms with Gasteiger partial charge < -0.3 is 15.4 Å². The molecule has 0 unspecified atom stereocenters. The molecule has 0 spiro atoms. The number of methoxy groups -OCH3 is 1. The third-order valence-electron chi connectivity index (χ3n) is 2.27. The Kier molecular flexibility index (Phi) is 5.06. The number of hydrogen-bond donors (Lipinski definition) is 2. The minimum absolute atomic E-state index is 0.0833. The zero-order valence-corrected chi connectivity index (χ0v) is 10.2. The predicted octanol–water partition coefficient (Wildman–Crippen LogP) is 1.15. The van der Waals surface area contributed by atoms with Crippen LogP contribution < -0.4 is 15.4 Å². The quantitative estimate of drug-likeness (QED) is 0.586. The Morgan fingerprint density at radius 1 is 1.50 bits per heavy atom. The van der Waals surface area contributed by atoms with Crippen LogP contribution in [0.25, 0.3) is 0 Å². The molecule has 1 rings (SSSR count). The lowest BCUT2D eigenvalue weighted by molar-refractivity contribution is -0.384. The van der Waals surface area contributed by atoms with Crippen LogP contribution in [0.4, 0.5) is 11.4 Å². The van der Waals surface area contributed by atoms with E-state index in [2.05, 4.69) is 10.6 Å². The van der Waals surface area contributed by atoms with E-state index in [4.69, 9.17) is 4.74 Å². The molecule has 1 amide bonds. The number of nitro benzene ring substituents is 1. The second-order valence-electron chi connectivity index (χ2n) is 3.54. The highest BCUT2D eigenvalue weighted by molar-refractivity contribution is 5.92. The number of hydrogen-bond acceptors (Lipinski definition) is 5. The number of non-ortho nitro benzene ring substituents is 1. The van der Waals surface area contributed by atoms with Crippen molar-refractivity contribution < 1.29 is 14.5 Å². The van der Waals surface area contributed by atoms with Crippen molar-refractivity contribution in [2.75, 3.05) is 26.0 Å². The number of anilines is 1. The number of nitrogens with one attached hydrogen (secondary N) is 2. The highest BCUT2D eigenvalue weighted by Gasteiger charge is 2.12. The van der Waals surface area contributed by atoms with Gasteiger partial charge >= 0.3 is 0 Å². The summed E-state index contributed by atoms with van der Waals surface area (Å²) in [6.07, 6.45) is 0.316. The highest BCUT2D eigenvalue weighted by atomic mass is 16.6. The third kappa shape index (κ3) is 3.70. The fourth-order valence-corrected chi connectivity index (χ4v) is 1.35. The van der Waals surface area contributed by atoms with Crippen LogP contribution in [-0.2, 0) is 4.79 Å². The van der Waals surface area contributed by atoms with E-state index in [1.807, 2.05) is 0 Å². The van der Waals surface area contributed by atoms with E-state index in [-0.39, 0.29) is 17.3 Å². The van der Waals surface area contributed by atoms with E-state index in [1.54, 1.807) is 7.05 Å². The van der Waals surface area contributed by atoms with E-state index in [1.165, 1.54) is 25.3 Å². The van der Waals surface area contributed by atoms with Crippen molar-refractivity contribution in [3.05, 3.63) is 28.3 Å². The molecule has 0 aliphatic heterocycles. The first-order valence-corrected chi connectivity index (χ1v) is 5.35. The van der Waals surface area contributed by atoms with E-state index < -0.39 is 4.92 Å². The summed E-state index contributed by atoms with van der Waals surface area (Å²) in [5.41, 5.74) is 0.337. The average molecular weight is 253 g/mol. The van der Waals surface area contributed by atoms with Crippen molar-refractivity contribution in [1.82, 2.24) is 5.32 Å². The molecule has 0 saturated heterocycles. The average Bonchev–Trinajstić information content (AvgIpc) is 2.36. The maximum Gasteiger partial charge on any atom is 0.273 e. The summed E-state index contributed by atoms with van der Waals surface area (Å²) in [5.74, 6) is 0.0820. The van der Waals surface area contributed by atoms with E-state index in [0.717, 1.165) is 0 Å². The number of rotatable bonds is 6. The standard InChI is InChI=1S/C11H15N3O4/c1-12-6-5-11(15)13-9-4-3-8(14(16)17)7-10(9)18-2/h3-4,7,12H,5-6H2,1-2H3,(H,13,15). The summed E-state index contributed by atoms with van der Waals surface area (Å²) in [4.78, 5) is 21.6. The second kappa shape index (κ2) is 6.55. The van der Waals surface area contributed by atoms with E-state index in [0.29, 0.717) is 18.7 Å². The smallest absolute Gasteiger partial charge is 0.273 e. The molecule has 18 heavy (non-hydrogen) atoms. The molecule has 0 heterocycles. The summed E-state index contributed by atoms with van der Waals surface area (Å²) in [6, 6.07) is 4.04. The molecule has 1 aromatic carbocycles. The van der Waals surface area contributed by atoms with Crippen molar-refractivity contribution in [1.29, 1.82) is 0 Å². The molecule has 7 nitrogen and oxygen atoms in total. The van der Waals surface area contributed by atoms with Gasteiger partial charge in [-0.15, -0.1) is 0 Å². The van der Waals surface area contributed by atoms with E-state index in [9.17, 15) is 14.9 Å². The van der Waals surface area contributed by atoms with Crippen LogP contribution in [-0.4, -0.2) is 31.5 Å². The van der Waals surface area contributed by atoms with Crippen molar-refractivity contribution in [2.45, 2.75) is 6.42 Å². The Bertz CT molecular complexity index is 448. The van der Waals surface area contributed by atoms with Crippen molar-refractivity contribution >= 4 is 17.3 Å². The maximum atomic E-state index is 11.5. The second-order valence-corrected chi connectivity index (χ2v) is 3.54. The zero-order chi connectivity index (χ0) is 13.5. The molecular weight excluding hydrogens is 238 g/mol. The third-order valence-corrected chi connectivity index (χ3v) is 2.27. The number of benzene rings is 1. The van der Waals surface area contributed by atoms with Crippen molar-refractivity contribution in [2.24, 2.45) is 0 Å². The van der Waals surface area contributed by atoms with Gasteiger partial charge in [0.05, 0.1) is 23.8 Å². The molecule has 2 N–H and O–H groups in total. The fourth-order valence-electron chi connectivity index (χ4n) is 1.35. The van der Waals surface area contributed by atoms with Crippen LogP contribution in [0.2, 0.25) is 0 Å². The number of carbonyl (C=O) groups excluding carboxylic acids is 1. The molecule has 0 aromatic heterocycles. The summed E-state index contributed by atoms with van der Waals surface area (Å²) in [7, 11) is 3.14. The largest absolute Gasteiger partial charge is 0.494 e. The molecule has 0 aliphatic carbocycles. The van der Waals surface area contributed by atoms with Crippen LogP contribution in [0.5, 0.6) is 5.75 Å². The Hall–Kier alpha value is -2.15. The van der Waals surface area contributed by atoms with Gasteiger partial charge in [0.15, 0.2) is 0 Å². The summed E-state index contributed by atoms with van der Waals surface area (Å²) in [5, 5.41) is 16.1. The van der Waals surface area contributed by atoms with Crippen molar-refractivity contribution in [3.63, 3.8) is 0 Å². The van der Waals surface area contributed by atoms with Gasteiger partial charge in [-0.1, -0.05) is 0 Å². The number of amides is 1. The summed E-state index contributed by atoms with van der Waals surface area (Å²) in [6.45, 7) is 0.557. The molecule has 0 radical (unpaired) electrons. The van der Waals surface area contributed by atoms with Crippen molar-refractivity contribution in [3.8, 4) is 5.75 Å². The Labute approximate surface area is 104 Å². The number of carbonyl (C=O) groups is 1. The molecule has 0 saturated carbocycles. The van der Waals surface area contributed by atoms with Gasteiger partial charge in [0, 0.05) is 19.0 Å². The maximum absolute atomic E-state index is 11.5. The van der Waals surface area contributed by atoms with Gasteiger partial charge in [0.2, 0.25) is 5.91 Å². The lowest BCUT2D eigenvalue weighted by Gasteiger charge is -2.09. The molecule has 0 fully saturated rings. The highest BCUT2D eigenvalue weighted by Crippen LogP contribution is 2.28. The Balaban J connectivity index is 2.82. The van der Waals surface area contributed by atoms with Gasteiger partial charge in [-0.25, -0.2) is 0 Å². The molecule has 1 aromatic rings. The molecule has 0 bridgehead atoms. The normalized spacial score (nSPS) is 9.89. The first-order valence-electron chi connectivity index (χ1n) is 5.35. The van der Waals surface area contributed by atoms with Crippen LogP contribution in [0.3, 0.4) is 0 Å². The molecule has 7 heteroatoms. The molecular formula is C11H15N3O4. The van der Waals surface area contributed by atoms with Crippen LogP contribution >= 0.6 is 0 Å². The van der Waals surface area contributed by atoms with Crippen LogP contribution in [0.15, 0.2) is 18.2 Å². The predicted molar refractivity (Wildman–Crippen MR) is 66.8 cm³/mol. The SMILES string of the molecule is CNCCC(=O)Nc1ccc([N+](=O)[O-])cc1OC. The van der Waals surface area contributed by atoms with Gasteiger partial charge in [-0.05, 0) is 13.1 Å². The Morgan fingerprint density at radius 3 is 2.78 bits per heavy atom. The molecule has 0 aliphatic rings. The lowest BCUT2D eigenvalue weighted by atomic mass is 10.2. The molecule has 98 valence electrons. The minimum atomic E-state index is -0.519. The number of ether oxygens (including phenoxy) is 1. The van der Waals surface area contributed by atoms with Gasteiger partial charge in [0.1, 0.15) is 5.75 Å². The fraction of sp³-hybridized carbons (Fsp3) is 0.364. The number of nitro groups is 1. The summed E-state index contributed by atoms with van der Waals surface area (Å²) >= 11 is 0. The van der Waals surface area contributed by atoms with E-state index >= 15 is 0 Å². The minimum Gasteiger partial charge on any atom is -0.494 e. The van der Waals surface area contributed by atoms with Gasteiger partial charge in [0.25, 0.3) is 5.69 Å². The topological polar surface area (TPSA) is 93.5 Å². The lowest BCUT2D eigenvalue weighted by Crippen LogP contribution is -2.19.